The average Bonchev–Trinajstić information content (AvgIpc) is 2.57. The molecule has 1 saturated heterocycles. The molecule has 4 heteroatoms. The molecule has 0 saturated carbocycles. The molecule has 1 aromatic carbocycles. The number of benzene rings is 1. The van der Waals surface area contributed by atoms with E-state index in [0.717, 1.165) is 51.1 Å². The Morgan fingerprint density at radius 1 is 1.21 bits per heavy atom. The Morgan fingerprint density at radius 3 is 2.33 bits per heavy atom. The number of primary amides is 1. The van der Waals surface area contributed by atoms with Gasteiger partial charge in [0.1, 0.15) is 0 Å². The molecule has 1 fully saturated rings. The van der Waals surface area contributed by atoms with Crippen molar-refractivity contribution >= 4 is 5.91 Å². The summed E-state index contributed by atoms with van der Waals surface area (Å²) in [6.45, 7) is 10.1. The maximum absolute atomic E-state index is 12.1. The number of rotatable bonds is 8. The quantitative estimate of drug-likeness (QED) is 0.796. The molecule has 0 bridgehead atoms. The van der Waals surface area contributed by atoms with Gasteiger partial charge in [-0.1, -0.05) is 45.0 Å². The second kappa shape index (κ2) is 9.19. The van der Waals surface area contributed by atoms with E-state index in [4.69, 9.17) is 10.5 Å². The minimum atomic E-state index is -0.224. The van der Waals surface area contributed by atoms with E-state index in [2.05, 4.69) is 49.9 Å². The first-order valence-electron chi connectivity index (χ1n) is 9.21. The highest BCUT2D eigenvalue weighted by Gasteiger charge is 2.26. The van der Waals surface area contributed by atoms with Gasteiger partial charge in [-0.3, -0.25) is 9.69 Å². The zero-order valence-corrected chi connectivity index (χ0v) is 15.3. The Bertz CT molecular complexity index is 507. The number of hydrogen-bond acceptors (Lipinski definition) is 3. The maximum Gasteiger partial charge on any atom is 0.225 e. The van der Waals surface area contributed by atoms with Crippen molar-refractivity contribution in [3.63, 3.8) is 0 Å². The van der Waals surface area contributed by atoms with Gasteiger partial charge in [-0.05, 0) is 36.3 Å². The predicted molar refractivity (Wildman–Crippen MR) is 98.0 cm³/mol. The van der Waals surface area contributed by atoms with Crippen LogP contribution in [0.1, 0.15) is 50.7 Å². The van der Waals surface area contributed by atoms with Gasteiger partial charge in [-0.2, -0.15) is 0 Å². The van der Waals surface area contributed by atoms with Crippen LogP contribution in [0.3, 0.4) is 0 Å². The van der Waals surface area contributed by atoms with Crippen LogP contribution in [0.5, 0.6) is 0 Å². The van der Waals surface area contributed by atoms with E-state index in [1.165, 1.54) is 5.56 Å². The van der Waals surface area contributed by atoms with Gasteiger partial charge < -0.3 is 10.5 Å². The van der Waals surface area contributed by atoms with Gasteiger partial charge in [0.25, 0.3) is 0 Å². The number of amides is 1. The minimum Gasteiger partial charge on any atom is -0.379 e. The maximum atomic E-state index is 12.1. The zero-order valence-electron chi connectivity index (χ0n) is 15.3. The molecule has 0 aliphatic carbocycles. The van der Waals surface area contributed by atoms with Crippen LogP contribution >= 0.6 is 0 Å². The average molecular weight is 332 g/mol. The highest BCUT2D eigenvalue weighted by molar-refractivity contribution is 5.82. The van der Waals surface area contributed by atoms with E-state index in [9.17, 15) is 4.79 Å². The van der Waals surface area contributed by atoms with Crippen molar-refractivity contribution in [3.8, 4) is 0 Å². The topological polar surface area (TPSA) is 55.6 Å². The molecule has 1 heterocycles. The molecule has 2 N–H and O–H groups in total. The van der Waals surface area contributed by atoms with Crippen molar-refractivity contribution < 1.29 is 9.53 Å². The smallest absolute Gasteiger partial charge is 0.225 e. The first kappa shape index (κ1) is 18.9. The zero-order chi connectivity index (χ0) is 17.5. The van der Waals surface area contributed by atoms with Crippen molar-refractivity contribution in [3.05, 3.63) is 35.4 Å². The van der Waals surface area contributed by atoms with Crippen molar-refractivity contribution in [2.45, 2.75) is 52.0 Å². The fraction of sp³-hybridized carbons (Fsp3) is 0.650. The Labute approximate surface area is 146 Å². The van der Waals surface area contributed by atoms with E-state index in [0.29, 0.717) is 12.0 Å². The second-order valence-corrected chi connectivity index (χ2v) is 7.24. The first-order chi connectivity index (χ1) is 11.5. The number of nitrogens with zero attached hydrogens (tertiary/aromatic N) is 1. The molecule has 134 valence electrons. The standard InChI is InChI=1S/C20H32N2O2/c1-4-18(22-9-11-24-12-10-22)14-19(20(21)23)17-7-5-16(6-8-17)13-15(2)3/h5-8,15,18-19H,4,9-14H2,1-3H3,(H2,21,23). The first-order valence-corrected chi connectivity index (χ1v) is 9.21. The molecule has 0 radical (unpaired) electrons. The summed E-state index contributed by atoms with van der Waals surface area (Å²) in [5.74, 6) is 0.192. The third kappa shape index (κ3) is 5.32. The molecular formula is C20H32N2O2. The van der Waals surface area contributed by atoms with Gasteiger partial charge >= 0.3 is 0 Å². The van der Waals surface area contributed by atoms with Gasteiger partial charge in [0.15, 0.2) is 0 Å². The highest BCUT2D eigenvalue weighted by atomic mass is 16.5. The largest absolute Gasteiger partial charge is 0.379 e. The van der Waals surface area contributed by atoms with Crippen LogP contribution in [0.2, 0.25) is 0 Å². The molecule has 0 spiro atoms. The molecule has 1 aliphatic heterocycles. The fourth-order valence-electron chi connectivity index (χ4n) is 3.56. The number of hydrogen-bond donors (Lipinski definition) is 1. The highest BCUT2D eigenvalue weighted by Crippen LogP contribution is 2.26. The molecule has 4 nitrogen and oxygen atoms in total. The van der Waals surface area contributed by atoms with Crippen molar-refractivity contribution in [2.75, 3.05) is 26.3 Å². The number of carbonyl (C=O) groups is 1. The lowest BCUT2D eigenvalue weighted by atomic mass is 9.88. The summed E-state index contributed by atoms with van der Waals surface area (Å²) >= 11 is 0. The Hall–Kier alpha value is -1.39. The Morgan fingerprint density at radius 2 is 1.83 bits per heavy atom. The van der Waals surface area contributed by atoms with Gasteiger partial charge in [0.2, 0.25) is 5.91 Å². The van der Waals surface area contributed by atoms with Crippen LogP contribution < -0.4 is 5.73 Å². The van der Waals surface area contributed by atoms with Crippen molar-refractivity contribution in [2.24, 2.45) is 11.7 Å². The summed E-state index contributed by atoms with van der Waals surface area (Å²) in [5, 5.41) is 0. The fourth-order valence-corrected chi connectivity index (χ4v) is 3.56. The normalized spacial score (nSPS) is 18.5. The van der Waals surface area contributed by atoms with E-state index in [-0.39, 0.29) is 11.8 Å². The van der Waals surface area contributed by atoms with Crippen molar-refractivity contribution in [1.82, 2.24) is 4.90 Å². The summed E-state index contributed by atoms with van der Waals surface area (Å²) in [7, 11) is 0. The molecule has 2 unspecified atom stereocenters. The molecule has 2 atom stereocenters. The lowest BCUT2D eigenvalue weighted by Crippen LogP contribution is -2.44. The lowest BCUT2D eigenvalue weighted by molar-refractivity contribution is -0.120. The number of ether oxygens (including phenoxy) is 1. The molecular weight excluding hydrogens is 300 g/mol. The van der Waals surface area contributed by atoms with E-state index in [1.807, 2.05) is 0 Å². The lowest BCUT2D eigenvalue weighted by Gasteiger charge is -2.35. The Kier molecular flexibility index (Phi) is 7.25. The predicted octanol–water partition coefficient (Wildman–Crippen LogP) is 2.95. The van der Waals surface area contributed by atoms with Crippen LogP contribution in [-0.4, -0.2) is 43.2 Å². The number of nitrogens with two attached hydrogens (primary N) is 1. The van der Waals surface area contributed by atoms with Crippen molar-refractivity contribution in [1.29, 1.82) is 0 Å². The number of morpholine rings is 1. The summed E-state index contributed by atoms with van der Waals surface area (Å²) in [6.07, 6.45) is 2.87. The van der Waals surface area contributed by atoms with Crippen LogP contribution in [0.4, 0.5) is 0 Å². The molecule has 2 rings (SSSR count). The summed E-state index contributed by atoms with van der Waals surface area (Å²) < 4.78 is 5.44. The molecule has 24 heavy (non-hydrogen) atoms. The summed E-state index contributed by atoms with van der Waals surface area (Å²) in [6, 6.07) is 8.82. The van der Waals surface area contributed by atoms with Crippen LogP contribution in [0, 0.1) is 5.92 Å². The molecule has 0 aromatic heterocycles. The van der Waals surface area contributed by atoms with Gasteiger partial charge in [0.05, 0.1) is 19.1 Å². The van der Waals surface area contributed by atoms with Gasteiger partial charge in [-0.25, -0.2) is 0 Å². The summed E-state index contributed by atoms with van der Waals surface area (Å²) in [4.78, 5) is 14.5. The third-order valence-electron chi connectivity index (χ3n) is 4.91. The van der Waals surface area contributed by atoms with Crippen LogP contribution in [-0.2, 0) is 16.0 Å². The van der Waals surface area contributed by atoms with Crippen LogP contribution in [0.15, 0.2) is 24.3 Å². The third-order valence-corrected chi connectivity index (χ3v) is 4.91. The van der Waals surface area contributed by atoms with E-state index in [1.54, 1.807) is 0 Å². The van der Waals surface area contributed by atoms with Gasteiger partial charge in [-0.15, -0.1) is 0 Å². The van der Waals surface area contributed by atoms with Crippen LogP contribution in [0.25, 0.3) is 0 Å². The monoisotopic (exact) mass is 332 g/mol. The Balaban J connectivity index is 2.08. The number of carbonyl (C=O) groups excluding carboxylic acids is 1. The SMILES string of the molecule is CCC(CC(C(N)=O)c1ccc(CC(C)C)cc1)N1CCOCC1. The van der Waals surface area contributed by atoms with E-state index < -0.39 is 0 Å². The minimum absolute atomic E-state index is 0.217. The second-order valence-electron chi connectivity index (χ2n) is 7.24. The summed E-state index contributed by atoms with van der Waals surface area (Å²) in [5.41, 5.74) is 8.10. The molecule has 1 amide bonds. The van der Waals surface area contributed by atoms with Gasteiger partial charge in [0, 0.05) is 19.1 Å². The van der Waals surface area contributed by atoms with E-state index >= 15 is 0 Å². The molecule has 1 aromatic rings. The molecule has 1 aliphatic rings.